The molecule has 0 bridgehead atoms. The number of ether oxygens (including phenoxy) is 3. The van der Waals surface area contributed by atoms with Gasteiger partial charge in [0.05, 0.1) is 0 Å². The third kappa shape index (κ3) is 52.2. The summed E-state index contributed by atoms with van der Waals surface area (Å²) >= 11 is 0. The predicted octanol–water partition coefficient (Wildman–Crippen LogP) is 18.7. The lowest BCUT2D eigenvalue weighted by Gasteiger charge is -2.18. The largest absolute Gasteiger partial charge is 0.462 e. The predicted molar refractivity (Wildman–Crippen MR) is 279 cm³/mol. The molecule has 0 N–H and O–H groups in total. The van der Waals surface area contributed by atoms with E-state index in [1.807, 2.05) is 0 Å². The van der Waals surface area contributed by atoms with Gasteiger partial charge in [-0.15, -0.1) is 0 Å². The summed E-state index contributed by atoms with van der Waals surface area (Å²) in [6.45, 7) is 6.59. The molecule has 0 saturated carbocycles. The van der Waals surface area contributed by atoms with E-state index in [-0.39, 0.29) is 31.1 Å². The Balaban J connectivity index is 4.39. The van der Waals surface area contributed by atoms with E-state index in [9.17, 15) is 14.4 Å². The van der Waals surface area contributed by atoms with E-state index in [0.717, 1.165) is 103 Å². The molecule has 0 spiro atoms. The zero-order valence-corrected chi connectivity index (χ0v) is 43.3. The van der Waals surface area contributed by atoms with Crippen LogP contribution in [0.5, 0.6) is 0 Å². The van der Waals surface area contributed by atoms with Gasteiger partial charge < -0.3 is 14.2 Å². The number of rotatable bonds is 51. The number of unbranched alkanes of at least 4 members (excludes halogenated alkanes) is 32. The molecule has 6 nitrogen and oxygen atoms in total. The van der Waals surface area contributed by atoms with Gasteiger partial charge in [-0.3, -0.25) is 14.4 Å². The van der Waals surface area contributed by atoms with Crippen molar-refractivity contribution in [1.29, 1.82) is 0 Å². The highest BCUT2D eigenvalue weighted by Gasteiger charge is 2.19. The highest BCUT2D eigenvalue weighted by atomic mass is 16.6. The fourth-order valence-corrected chi connectivity index (χ4v) is 8.03. The maximum atomic E-state index is 12.8. The van der Waals surface area contributed by atoms with Gasteiger partial charge in [-0.2, -0.15) is 0 Å². The van der Waals surface area contributed by atoms with Gasteiger partial charge in [-0.05, 0) is 83.5 Å². The zero-order chi connectivity index (χ0) is 47.2. The minimum Gasteiger partial charge on any atom is -0.462 e. The second kappa shape index (κ2) is 54.0. The van der Waals surface area contributed by atoms with E-state index in [2.05, 4.69) is 69.4 Å². The second-order valence-electron chi connectivity index (χ2n) is 18.8. The highest BCUT2D eigenvalue weighted by molar-refractivity contribution is 5.71. The number of esters is 3. The molecule has 0 unspecified atom stereocenters. The van der Waals surface area contributed by atoms with Gasteiger partial charge in [0.2, 0.25) is 0 Å². The SMILES string of the molecule is CCCCC/C=C/C/C=C/CCCCCCCC(=O)OC[C@H](COC(=O)CCCCCCCCCCCCCCCCCCC)OC(=O)CCCCCCC/C=C/C/C=C/CCCCC. The van der Waals surface area contributed by atoms with Crippen molar-refractivity contribution in [3.63, 3.8) is 0 Å². The molecule has 0 aliphatic heterocycles. The van der Waals surface area contributed by atoms with Crippen LogP contribution in [-0.2, 0) is 28.6 Å². The summed E-state index contributed by atoms with van der Waals surface area (Å²) in [4.78, 5) is 38.1. The average molecular weight is 911 g/mol. The molecule has 378 valence electrons. The van der Waals surface area contributed by atoms with E-state index in [4.69, 9.17) is 14.2 Å². The lowest BCUT2D eigenvalue weighted by molar-refractivity contribution is -0.167. The van der Waals surface area contributed by atoms with Crippen LogP contribution in [0.2, 0.25) is 0 Å². The third-order valence-corrected chi connectivity index (χ3v) is 12.3. The van der Waals surface area contributed by atoms with E-state index >= 15 is 0 Å². The van der Waals surface area contributed by atoms with Crippen LogP contribution in [0.3, 0.4) is 0 Å². The van der Waals surface area contributed by atoms with Crippen LogP contribution in [-0.4, -0.2) is 37.2 Å². The number of hydrogen-bond donors (Lipinski definition) is 0. The van der Waals surface area contributed by atoms with Crippen LogP contribution >= 0.6 is 0 Å². The van der Waals surface area contributed by atoms with Gasteiger partial charge in [0.15, 0.2) is 6.10 Å². The van der Waals surface area contributed by atoms with Crippen molar-refractivity contribution >= 4 is 17.9 Å². The Morgan fingerprint density at radius 3 is 0.877 bits per heavy atom. The molecule has 1 atom stereocenters. The summed E-state index contributed by atoms with van der Waals surface area (Å²) in [5, 5.41) is 0. The van der Waals surface area contributed by atoms with Crippen molar-refractivity contribution in [2.75, 3.05) is 13.2 Å². The lowest BCUT2D eigenvalue weighted by atomic mass is 10.0. The smallest absolute Gasteiger partial charge is 0.306 e. The Hall–Kier alpha value is -2.63. The van der Waals surface area contributed by atoms with E-state index in [0.29, 0.717) is 19.3 Å². The maximum absolute atomic E-state index is 12.8. The summed E-state index contributed by atoms with van der Waals surface area (Å²) < 4.78 is 16.8. The molecule has 0 heterocycles. The van der Waals surface area contributed by atoms with Crippen LogP contribution in [0.25, 0.3) is 0 Å². The zero-order valence-electron chi connectivity index (χ0n) is 43.3. The maximum Gasteiger partial charge on any atom is 0.306 e. The first-order valence-corrected chi connectivity index (χ1v) is 28.1. The summed E-state index contributed by atoms with van der Waals surface area (Å²) in [6, 6.07) is 0. The Morgan fingerprint density at radius 1 is 0.308 bits per heavy atom. The van der Waals surface area contributed by atoms with E-state index in [1.165, 1.54) is 148 Å². The summed E-state index contributed by atoms with van der Waals surface area (Å²) in [7, 11) is 0. The molecule has 6 heteroatoms. The quantitative estimate of drug-likeness (QED) is 0.0262. The van der Waals surface area contributed by atoms with Gasteiger partial charge in [0, 0.05) is 19.3 Å². The van der Waals surface area contributed by atoms with Crippen LogP contribution in [0.1, 0.15) is 290 Å². The van der Waals surface area contributed by atoms with Gasteiger partial charge in [-0.25, -0.2) is 0 Å². The molecule has 0 aliphatic rings. The first-order chi connectivity index (χ1) is 32.0. The fraction of sp³-hybridized carbons (Fsp3) is 0.814. The first-order valence-electron chi connectivity index (χ1n) is 28.1. The normalized spacial score (nSPS) is 12.4. The molecule has 0 aromatic heterocycles. The number of allylic oxidation sites excluding steroid dienone is 8. The molecule has 0 radical (unpaired) electrons. The molecular weight excluding hydrogens is 805 g/mol. The van der Waals surface area contributed by atoms with Crippen LogP contribution in [0, 0.1) is 0 Å². The second-order valence-corrected chi connectivity index (χ2v) is 18.8. The summed E-state index contributed by atoms with van der Waals surface area (Å²) in [5.74, 6) is -0.896. The molecule has 0 saturated heterocycles. The van der Waals surface area contributed by atoms with Crippen LogP contribution in [0.15, 0.2) is 48.6 Å². The lowest BCUT2D eigenvalue weighted by Crippen LogP contribution is -2.30. The van der Waals surface area contributed by atoms with Gasteiger partial charge in [0.1, 0.15) is 13.2 Å². The number of carbonyl (C=O) groups excluding carboxylic acids is 3. The molecule has 0 aromatic carbocycles. The minimum absolute atomic E-state index is 0.0807. The molecule has 0 rings (SSSR count). The molecular formula is C59H106O6. The van der Waals surface area contributed by atoms with Crippen molar-refractivity contribution in [3.8, 4) is 0 Å². The van der Waals surface area contributed by atoms with Crippen molar-refractivity contribution in [2.24, 2.45) is 0 Å². The highest BCUT2D eigenvalue weighted by Crippen LogP contribution is 2.16. The van der Waals surface area contributed by atoms with Crippen molar-refractivity contribution in [2.45, 2.75) is 297 Å². The van der Waals surface area contributed by atoms with Gasteiger partial charge in [-0.1, -0.05) is 236 Å². The Kier molecular flexibility index (Phi) is 51.8. The van der Waals surface area contributed by atoms with Crippen LogP contribution in [0.4, 0.5) is 0 Å². The fourth-order valence-electron chi connectivity index (χ4n) is 8.03. The third-order valence-electron chi connectivity index (χ3n) is 12.3. The summed E-state index contributed by atoms with van der Waals surface area (Å²) in [6.07, 6.45) is 65.2. The molecule has 0 fully saturated rings. The van der Waals surface area contributed by atoms with Crippen molar-refractivity contribution < 1.29 is 28.6 Å². The molecule has 0 amide bonds. The average Bonchev–Trinajstić information content (AvgIpc) is 3.30. The standard InChI is InChI=1S/C59H106O6/c1-4-7-10-13-16-19-22-25-28-29-32-34-37-40-43-46-49-52-58(61)64-55-56(65-59(62)53-50-47-44-41-38-35-31-27-24-21-18-15-12-9-6-3)54-63-57(60)51-48-45-42-39-36-33-30-26-23-20-17-14-11-8-5-2/h17-18,20-21,26-27,30-31,56H,4-16,19,22-25,28-29,32-55H2,1-3H3/b20-17+,21-18+,30-26+,31-27+/t56-/m1/s1. The first kappa shape index (κ1) is 62.4. The molecule has 65 heavy (non-hydrogen) atoms. The van der Waals surface area contributed by atoms with E-state index in [1.54, 1.807) is 0 Å². The Morgan fingerprint density at radius 2 is 0.554 bits per heavy atom. The molecule has 0 aromatic rings. The van der Waals surface area contributed by atoms with Gasteiger partial charge >= 0.3 is 17.9 Å². The monoisotopic (exact) mass is 911 g/mol. The molecule has 0 aliphatic carbocycles. The van der Waals surface area contributed by atoms with Crippen molar-refractivity contribution in [1.82, 2.24) is 0 Å². The Labute approximate surface area is 403 Å². The number of hydrogen-bond acceptors (Lipinski definition) is 6. The Bertz CT molecular complexity index is 1140. The summed E-state index contributed by atoms with van der Waals surface area (Å²) in [5.41, 5.74) is 0. The van der Waals surface area contributed by atoms with Gasteiger partial charge in [0.25, 0.3) is 0 Å². The van der Waals surface area contributed by atoms with Crippen LogP contribution < -0.4 is 0 Å². The van der Waals surface area contributed by atoms with E-state index < -0.39 is 6.10 Å². The number of carbonyl (C=O) groups is 3. The minimum atomic E-state index is -0.784. The van der Waals surface area contributed by atoms with Crippen molar-refractivity contribution in [3.05, 3.63) is 48.6 Å². The topological polar surface area (TPSA) is 78.9 Å².